The summed E-state index contributed by atoms with van der Waals surface area (Å²) in [6, 6.07) is 16.7. The maximum atomic E-state index is 5.41. The van der Waals surface area contributed by atoms with Gasteiger partial charge in [-0.1, -0.05) is 36.4 Å². The molecule has 2 rings (SSSR count). The van der Waals surface area contributed by atoms with Gasteiger partial charge in [0, 0.05) is 24.4 Å². The van der Waals surface area contributed by atoms with Crippen molar-refractivity contribution >= 4 is 5.69 Å². The molecule has 0 bridgehead atoms. The Labute approximate surface area is 126 Å². The van der Waals surface area contributed by atoms with Gasteiger partial charge >= 0.3 is 0 Å². The average Bonchev–Trinajstić information content (AvgIpc) is 2.50. The van der Waals surface area contributed by atoms with E-state index < -0.39 is 0 Å². The minimum atomic E-state index is 0.305. The van der Waals surface area contributed by atoms with Gasteiger partial charge in [-0.3, -0.25) is 0 Å². The molecule has 112 valence electrons. The van der Waals surface area contributed by atoms with Crippen LogP contribution in [0.2, 0.25) is 0 Å². The van der Waals surface area contributed by atoms with Crippen LogP contribution < -0.4 is 10.1 Å². The Balaban J connectivity index is 2.06. The molecule has 0 aliphatic carbocycles. The molecule has 1 N–H and O–H groups in total. The highest BCUT2D eigenvalue weighted by atomic mass is 16.5. The summed E-state index contributed by atoms with van der Waals surface area (Å²) in [4.78, 5) is 0. The lowest BCUT2D eigenvalue weighted by Crippen LogP contribution is -2.19. The molecule has 0 aliphatic rings. The Morgan fingerprint density at radius 1 is 0.952 bits per heavy atom. The number of anilines is 1. The summed E-state index contributed by atoms with van der Waals surface area (Å²) in [5.74, 6) is 0.941. The fraction of sp³-hybridized carbons (Fsp3) is 0.333. The number of para-hydroxylation sites is 2. The van der Waals surface area contributed by atoms with Crippen molar-refractivity contribution in [2.75, 3.05) is 19.5 Å². The standard InChI is InChI=1S/C18H23NO2/c1-14(12-15-8-5-7-11-18(15)21-3)19-17-10-6-4-9-16(17)13-20-2/h4-11,14,19H,12-13H2,1-3H3. The van der Waals surface area contributed by atoms with Crippen LogP contribution in [0.15, 0.2) is 48.5 Å². The van der Waals surface area contributed by atoms with Gasteiger partial charge in [0.05, 0.1) is 13.7 Å². The summed E-state index contributed by atoms with van der Waals surface area (Å²) in [5, 5.41) is 3.56. The quantitative estimate of drug-likeness (QED) is 0.837. The van der Waals surface area contributed by atoms with Crippen molar-refractivity contribution in [2.45, 2.75) is 26.0 Å². The largest absolute Gasteiger partial charge is 0.496 e. The summed E-state index contributed by atoms with van der Waals surface area (Å²) < 4.78 is 10.7. The minimum absolute atomic E-state index is 0.305. The van der Waals surface area contributed by atoms with Crippen molar-refractivity contribution < 1.29 is 9.47 Å². The monoisotopic (exact) mass is 285 g/mol. The molecule has 0 aromatic heterocycles. The van der Waals surface area contributed by atoms with Crippen molar-refractivity contribution in [1.82, 2.24) is 0 Å². The molecule has 21 heavy (non-hydrogen) atoms. The van der Waals surface area contributed by atoms with E-state index in [2.05, 4.69) is 30.4 Å². The Kier molecular flexibility index (Phi) is 5.64. The van der Waals surface area contributed by atoms with Gasteiger partial charge in [0.2, 0.25) is 0 Å². The number of nitrogens with one attached hydrogen (secondary N) is 1. The van der Waals surface area contributed by atoms with Crippen LogP contribution in [-0.4, -0.2) is 20.3 Å². The van der Waals surface area contributed by atoms with Crippen molar-refractivity contribution in [3.05, 3.63) is 59.7 Å². The van der Waals surface area contributed by atoms with E-state index in [4.69, 9.17) is 9.47 Å². The molecule has 0 fully saturated rings. The van der Waals surface area contributed by atoms with Crippen LogP contribution in [0, 0.1) is 0 Å². The average molecular weight is 285 g/mol. The highest BCUT2D eigenvalue weighted by Gasteiger charge is 2.09. The molecule has 0 saturated carbocycles. The Bertz CT molecular complexity index is 569. The summed E-state index contributed by atoms with van der Waals surface area (Å²) >= 11 is 0. The lowest BCUT2D eigenvalue weighted by atomic mass is 10.0. The van der Waals surface area contributed by atoms with Gasteiger partial charge in [-0.05, 0) is 31.0 Å². The molecule has 0 heterocycles. The van der Waals surface area contributed by atoms with Gasteiger partial charge in [-0.15, -0.1) is 0 Å². The summed E-state index contributed by atoms with van der Waals surface area (Å²) in [7, 11) is 3.43. The summed E-state index contributed by atoms with van der Waals surface area (Å²) in [6.45, 7) is 2.79. The summed E-state index contributed by atoms with van der Waals surface area (Å²) in [5.41, 5.74) is 3.51. The van der Waals surface area contributed by atoms with Gasteiger partial charge < -0.3 is 14.8 Å². The lowest BCUT2D eigenvalue weighted by molar-refractivity contribution is 0.185. The molecule has 0 aliphatic heterocycles. The fourth-order valence-electron chi connectivity index (χ4n) is 2.46. The molecule has 3 heteroatoms. The molecule has 3 nitrogen and oxygen atoms in total. The first-order valence-corrected chi connectivity index (χ1v) is 7.20. The zero-order valence-electron chi connectivity index (χ0n) is 12.9. The second-order valence-corrected chi connectivity index (χ2v) is 5.15. The van der Waals surface area contributed by atoms with Crippen molar-refractivity contribution in [2.24, 2.45) is 0 Å². The maximum Gasteiger partial charge on any atom is 0.122 e. The molecule has 2 aromatic carbocycles. The van der Waals surface area contributed by atoms with E-state index >= 15 is 0 Å². The van der Waals surface area contributed by atoms with Gasteiger partial charge in [0.25, 0.3) is 0 Å². The van der Waals surface area contributed by atoms with Gasteiger partial charge in [0.1, 0.15) is 5.75 Å². The van der Waals surface area contributed by atoms with Crippen LogP contribution in [0.5, 0.6) is 5.75 Å². The first-order chi connectivity index (χ1) is 10.2. The second kappa shape index (κ2) is 7.70. The van der Waals surface area contributed by atoms with Crippen molar-refractivity contribution in [3.8, 4) is 5.75 Å². The molecular formula is C18H23NO2. The number of ether oxygens (including phenoxy) is 2. The third-order valence-electron chi connectivity index (χ3n) is 3.44. The second-order valence-electron chi connectivity index (χ2n) is 5.15. The van der Waals surface area contributed by atoms with Gasteiger partial charge in [-0.2, -0.15) is 0 Å². The zero-order chi connectivity index (χ0) is 15.1. The molecule has 1 atom stereocenters. The van der Waals surface area contributed by atoms with Crippen molar-refractivity contribution in [3.63, 3.8) is 0 Å². The molecule has 2 aromatic rings. The van der Waals surface area contributed by atoms with Gasteiger partial charge in [0.15, 0.2) is 0 Å². The molecule has 0 saturated heterocycles. The first kappa shape index (κ1) is 15.4. The number of benzene rings is 2. The number of methoxy groups -OCH3 is 2. The van der Waals surface area contributed by atoms with Crippen LogP contribution in [0.4, 0.5) is 5.69 Å². The molecule has 0 radical (unpaired) electrons. The Morgan fingerprint density at radius 3 is 2.33 bits per heavy atom. The van der Waals surface area contributed by atoms with E-state index in [1.165, 1.54) is 11.1 Å². The van der Waals surface area contributed by atoms with E-state index in [0.29, 0.717) is 12.6 Å². The first-order valence-electron chi connectivity index (χ1n) is 7.20. The SMILES string of the molecule is COCc1ccccc1NC(C)Cc1ccccc1OC. The van der Waals surface area contributed by atoms with E-state index in [1.54, 1.807) is 14.2 Å². The van der Waals surface area contributed by atoms with Gasteiger partial charge in [-0.25, -0.2) is 0 Å². The van der Waals surface area contributed by atoms with Crippen molar-refractivity contribution in [1.29, 1.82) is 0 Å². The molecule has 0 spiro atoms. The predicted molar refractivity (Wildman–Crippen MR) is 86.9 cm³/mol. The molecule has 1 unspecified atom stereocenters. The van der Waals surface area contributed by atoms with Crippen LogP contribution in [0.1, 0.15) is 18.1 Å². The van der Waals surface area contributed by atoms with E-state index in [-0.39, 0.29) is 0 Å². The van der Waals surface area contributed by atoms with Crippen LogP contribution >= 0.6 is 0 Å². The third kappa shape index (κ3) is 4.23. The smallest absolute Gasteiger partial charge is 0.122 e. The highest BCUT2D eigenvalue weighted by Crippen LogP contribution is 2.22. The molecular weight excluding hydrogens is 262 g/mol. The maximum absolute atomic E-state index is 5.41. The van der Waals surface area contributed by atoms with E-state index in [1.807, 2.05) is 30.3 Å². The number of hydrogen-bond donors (Lipinski definition) is 1. The van der Waals surface area contributed by atoms with Crippen LogP contribution in [0.3, 0.4) is 0 Å². The Morgan fingerprint density at radius 2 is 1.62 bits per heavy atom. The zero-order valence-corrected chi connectivity index (χ0v) is 12.9. The topological polar surface area (TPSA) is 30.5 Å². The van der Waals surface area contributed by atoms with Crippen LogP contribution in [-0.2, 0) is 17.8 Å². The third-order valence-corrected chi connectivity index (χ3v) is 3.44. The fourth-order valence-corrected chi connectivity index (χ4v) is 2.46. The van der Waals surface area contributed by atoms with Crippen LogP contribution in [0.25, 0.3) is 0 Å². The Hall–Kier alpha value is -2.00. The van der Waals surface area contributed by atoms with E-state index in [0.717, 1.165) is 17.9 Å². The number of rotatable bonds is 7. The highest BCUT2D eigenvalue weighted by molar-refractivity contribution is 5.51. The normalized spacial score (nSPS) is 12.0. The van der Waals surface area contributed by atoms with E-state index in [9.17, 15) is 0 Å². The predicted octanol–water partition coefficient (Wildman–Crippen LogP) is 3.88. The lowest BCUT2D eigenvalue weighted by Gasteiger charge is -2.19. The minimum Gasteiger partial charge on any atom is -0.496 e. The summed E-state index contributed by atoms with van der Waals surface area (Å²) in [6.07, 6.45) is 0.908. The number of hydrogen-bond acceptors (Lipinski definition) is 3. The molecule has 0 amide bonds.